The minimum absolute atomic E-state index is 1.03. The second kappa shape index (κ2) is 5.28. The van der Waals surface area contributed by atoms with Gasteiger partial charge in [0.15, 0.2) is 0 Å². The molecule has 0 aliphatic heterocycles. The number of hydrogen-bond acceptors (Lipinski definition) is 3. The Bertz CT molecular complexity index is 418. The third-order valence-electron chi connectivity index (χ3n) is 2.19. The molecule has 1 aromatic heterocycles. The van der Waals surface area contributed by atoms with E-state index in [4.69, 9.17) is 0 Å². The van der Waals surface area contributed by atoms with E-state index in [0.29, 0.717) is 0 Å². The summed E-state index contributed by atoms with van der Waals surface area (Å²) in [5.41, 5.74) is 2.53. The van der Waals surface area contributed by atoms with E-state index in [0.717, 1.165) is 9.80 Å². The summed E-state index contributed by atoms with van der Waals surface area (Å²) < 4.78 is 0. The van der Waals surface area contributed by atoms with Crippen molar-refractivity contribution in [1.82, 2.24) is 0 Å². The Labute approximate surface area is 107 Å². The Hall–Kier alpha value is -0.120. The Morgan fingerprint density at radius 3 is 2.33 bits per heavy atom. The molecule has 3 heteroatoms. The summed E-state index contributed by atoms with van der Waals surface area (Å²) in [6, 6.07) is 2.11. The average molecular weight is 256 g/mol. The number of thiophene rings is 1. The van der Waals surface area contributed by atoms with Crippen molar-refractivity contribution in [2.24, 2.45) is 0 Å². The van der Waals surface area contributed by atoms with Crippen molar-refractivity contribution < 1.29 is 0 Å². The smallest absolute Gasteiger partial charge is 0.0438 e. The van der Waals surface area contributed by atoms with Gasteiger partial charge in [-0.15, -0.1) is 36.6 Å². The predicted octanol–water partition coefficient (Wildman–Crippen LogP) is 4.97. The van der Waals surface area contributed by atoms with Gasteiger partial charge in [0.05, 0.1) is 0 Å². The summed E-state index contributed by atoms with van der Waals surface area (Å²) in [6.07, 6.45) is 2.08. The third kappa shape index (κ3) is 3.44. The molecule has 0 bridgehead atoms. The molecule has 0 saturated heterocycles. The fraction of sp³-hybridized carbons (Fsp3) is 0.333. The van der Waals surface area contributed by atoms with Crippen LogP contribution in [0.25, 0.3) is 5.57 Å². The number of allylic oxidation sites excluding steroid dienone is 4. The van der Waals surface area contributed by atoms with Crippen molar-refractivity contribution in [3.8, 4) is 0 Å². The molecular weight excluding hydrogens is 240 g/mol. The molecule has 0 aliphatic rings. The van der Waals surface area contributed by atoms with Crippen molar-refractivity contribution in [1.29, 1.82) is 0 Å². The van der Waals surface area contributed by atoms with Crippen LogP contribution in [-0.4, -0.2) is 0 Å². The molecule has 0 aliphatic carbocycles. The third-order valence-corrected chi connectivity index (χ3v) is 4.00. The fourth-order valence-electron chi connectivity index (χ4n) is 1.37. The monoisotopic (exact) mass is 256 g/mol. The zero-order chi connectivity index (χ0) is 11.6. The van der Waals surface area contributed by atoms with Crippen LogP contribution in [0.1, 0.15) is 30.5 Å². The van der Waals surface area contributed by atoms with E-state index < -0.39 is 0 Å². The van der Waals surface area contributed by atoms with Gasteiger partial charge in [0.25, 0.3) is 0 Å². The molecule has 1 heterocycles. The molecule has 0 nitrogen and oxygen atoms in total. The molecule has 1 rings (SSSR count). The first kappa shape index (κ1) is 12.9. The highest BCUT2D eigenvalue weighted by atomic mass is 32.1. The van der Waals surface area contributed by atoms with Gasteiger partial charge in [-0.1, -0.05) is 0 Å². The van der Waals surface area contributed by atoms with Crippen LogP contribution in [0.15, 0.2) is 27.5 Å². The van der Waals surface area contributed by atoms with Gasteiger partial charge >= 0.3 is 0 Å². The highest BCUT2D eigenvalue weighted by molar-refractivity contribution is 7.84. The maximum absolute atomic E-state index is 4.48. The molecule has 82 valence electrons. The van der Waals surface area contributed by atoms with Crippen LogP contribution >= 0.6 is 36.6 Å². The molecule has 0 spiro atoms. The lowest BCUT2D eigenvalue weighted by Crippen LogP contribution is -1.80. The fourth-order valence-corrected chi connectivity index (χ4v) is 3.13. The maximum Gasteiger partial charge on any atom is 0.0438 e. The summed E-state index contributed by atoms with van der Waals surface area (Å²) in [7, 11) is 0. The summed E-state index contributed by atoms with van der Waals surface area (Å²) in [4.78, 5) is 4.66. The molecule has 0 fully saturated rings. The van der Waals surface area contributed by atoms with E-state index in [1.807, 2.05) is 6.92 Å². The normalized spacial score (nSPS) is 14.1. The molecule has 1 aromatic rings. The summed E-state index contributed by atoms with van der Waals surface area (Å²) >= 11 is 10.6. The van der Waals surface area contributed by atoms with E-state index >= 15 is 0 Å². The van der Waals surface area contributed by atoms with Crippen LogP contribution in [0.5, 0.6) is 0 Å². The molecule has 0 atom stereocenters. The standard InChI is InChI=1S/C12H16S3/c1-7(5-8(2)13)10(4)12-11(14)6-9(3)15-12/h5-6,13-14H,1-4H3/b8-5-,10-7+. The molecule has 0 radical (unpaired) electrons. The largest absolute Gasteiger partial charge is 0.148 e. The van der Waals surface area contributed by atoms with Crippen molar-refractivity contribution in [3.05, 3.63) is 32.4 Å². The van der Waals surface area contributed by atoms with Gasteiger partial charge in [-0.25, -0.2) is 0 Å². The van der Waals surface area contributed by atoms with Gasteiger partial charge in [0.1, 0.15) is 0 Å². The van der Waals surface area contributed by atoms with E-state index in [2.05, 4.69) is 58.2 Å². The lowest BCUT2D eigenvalue weighted by Gasteiger charge is -2.03. The molecule has 0 saturated carbocycles. The molecule has 15 heavy (non-hydrogen) atoms. The zero-order valence-electron chi connectivity index (χ0n) is 9.46. The van der Waals surface area contributed by atoms with E-state index in [1.54, 1.807) is 11.3 Å². The topological polar surface area (TPSA) is 0 Å². The molecule has 0 aromatic carbocycles. The average Bonchev–Trinajstić information content (AvgIpc) is 2.42. The quantitative estimate of drug-likeness (QED) is 0.541. The second-order valence-corrected chi connectivity index (χ2v) is 6.11. The van der Waals surface area contributed by atoms with Crippen LogP contribution in [0.3, 0.4) is 0 Å². The molecular formula is C12H16S3. The van der Waals surface area contributed by atoms with Crippen molar-refractivity contribution in [2.75, 3.05) is 0 Å². The first-order valence-corrected chi connectivity index (χ1v) is 6.47. The maximum atomic E-state index is 4.48. The van der Waals surface area contributed by atoms with E-state index in [-0.39, 0.29) is 0 Å². The number of thiol groups is 2. The molecule has 0 unspecified atom stereocenters. The Balaban J connectivity index is 3.18. The Morgan fingerprint density at radius 1 is 1.33 bits per heavy atom. The number of rotatable bonds is 2. The van der Waals surface area contributed by atoms with Gasteiger partial charge in [0.2, 0.25) is 0 Å². The van der Waals surface area contributed by atoms with Crippen LogP contribution in [-0.2, 0) is 0 Å². The highest BCUT2D eigenvalue weighted by Crippen LogP contribution is 2.33. The number of aryl methyl sites for hydroxylation is 1. The van der Waals surface area contributed by atoms with Gasteiger partial charge in [0, 0.05) is 14.6 Å². The van der Waals surface area contributed by atoms with Gasteiger partial charge in [-0.05, 0) is 55.9 Å². The summed E-state index contributed by atoms with van der Waals surface area (Å²) in [5.74, 6) is 0. The van der Waals surface area contributed by atoms with Crippen LogP contribution in [0, 0.1) is 6.92 Å². The zero-order valence-corrected chi connectivity index (χ0v) is 12.1. The first-order valence-electron chi connectivity index (χ1n) is 4.76. The second-order valence-electron chi connectivity index (χ2n) is 3.67. The molecule has 0 N–H and O–H groups in total. The minimum atomic E-state index is 1.03. The van der Waals surface area contributed by atoms with Crippen LogP contribution in [0.2, 0.25) is 0 Å². The Morgan fingerprint density at radius 2 is 1.93 bits per heavy atom. The van der Waals surface area contributed by atoms with E-state index in [9.17, 15) is 0 Å². The van der Waals surface area contributed by atoms with Crippen LogP contribution in [0.4, 0.5) is 0 Å². The van der Waals surface area contributed by atoms with Crippen molar-refractivity contribution in [3.63, 3.8) is 0 Å². The lowest BCUT2D eigenvalue weighted by molar-refractivity contribution is 1.42. The number of hydrogen-bond donors (Lipinski definition) is 2. The minimum Gasteiger partial charge on any atom is -0.148 e. The van der Waals surface area contributed by atoms with Gasteiger partial charge in [-0.2, -0.15) is 0 Å². The van der Waals surface area contributed by atoms with Crippen molar-refractivity contribution >= 4 is 42.2 Å². The SMILES string of the molecule is C/C(S)=C/C(C)=C(\C)c1sc(C)cc1S. The summed E-state index contributed by atoms with van der Waals surface area (Å²) in [6.45, 7) is 8.34. The van der Waals surface area contributed by atoms with Gasteiger partial charge < -0.3 is 0 Å². The summed E-state index contributed by atoms with van der Waals surface area (Å²) in [5, 5.41) is 0. The predicted molar refractivity (Wildman–Crippen MR) is 77.3 cm³/mol. The van der Waals surface area contributed by atoms with Crippen molar-refractivity contribution in [2.45, 2.75) is 32.6 Å². The highest BCUT2D eigenvalue weighted by Gasteiger charge is 2.07. The van der Waals surface area contributed by atoms with Crippen LogP contribution < -0.4 is 0 Å². The van der Waals surface area contributed by atoms with E-state index in [1.165, 1.54) is 20.9 Å². The first-order chi connectivity index (χ1) is 6.91. The lowest BCUT2D eigenvalue weighted by atomic mass is 10.1. The molecule has 0 amide bonds. The van der Waals surface area contributed by atoms with Gasteiger partial charge in [-0.3, -0.25) is 0 Å². The Kier molecular flexibility index (Phi) is 4.56.